The van der Waals surface area contributed by atoms with Gasteiger partial charge in [-0.3, -0.25) is 4.79 Å². The van der Waals surface area contributed by atoms with Crippen LogP contribution < -0.4 is 23.7 Å². The molecular weight excluding hydrogens is 368 g/mol. The minimum absolute atomic E-state index is 0.111. The highest BCUT2D eigenvalue weighted by Gasteiger charge is 2.28. The van der Waals surface area contributed by atoms with Gasteiger partial charge >= 0.3 is 5.97 Å². The second kappa shape index (κ2) is 7.91. The second-order valence-electron chi connectivity index (χ2n) is 5.74. The number of hydrogen-bond donors (Lipinski definition) is 1. The quantitative estimate of drug-likeness (QED) is 0.725. The molecule has 2 aromatic carbocycles. The molecule has 1 N–H and O–H groups in total. The van der Waals surface area contributed by atoms with Crippen LogP contribution >= 0.6 is 0 Å². The Morgan fingerprint density at radius 2 is 1.75 bits per heavy atom. The molecule has 0 fully saturated rings. The zero-order valence-corrected chi connectivity index (χ0v) is 15.5. The van der Waals surface area contributed by atoms with Gasteiger partial charge in [-0.1, -0.05) is 0 Å². The lowest BCUT2D eigenvalue weighted by Gasteiger charge is -2.13. The summed E-state index contributed by atoms with van der Waals surface area (Å²) >= 11 is 0. The predicted octanol–water partition coefficient (Wildman–Crippen LogP) is 2.79. The number of allylic oxidation sites excluding steroid dienone is 1. The molecule has 146 valence electrons. The molecule has 0 atom stereocenters. The average molecular weight is 386 g/mol. The zero-order chi connectivity index (χ0) is 20.3. The molecule has 0 saturated carbocycles. The molecule has 28 heavy (non-hydrogen) atoms. The maximum Gasteiger partial charge on any atom is 0.341 e. The van der Waals surface area contributed by atoms with Crippen LogP contribution in [0.25, 0.3) is 6.08 Å². The lowest BCUT2D eigenvalue weighted by molar-refractivity contribution is -0.139. The number of ether oxygens (including phenoxy) is 5. The highest BCUT2D eigenvalue weighted by Crippen LogP contribution is 2.40. The lowest BCUT2D eigenvalue weighted by atomic mass is 10.1. The number of ketones is 1. The molecule has 0 radical (unpaired) electrons. The molecule has 0 saturated heterocycles. The van der Waals surface area contributed by atoms with E-state index in [-0.39, 0.29) is 11.5 Å². The molecule has 8 nitrogen and oxygen atoms in total. The van der Waals surface area contributed by atoms with Gasteiger partial charge in [-0.05, 0) is 35.9 Å². The monoisotopic (exact) mass is 386 g/mol. The first-order valence-electron chi connectivity index (χ1n) is 8.19. The minimum atomic E-state index is -1.10. The molecule has 8 heteroatoms. The highest BCUT2D eigenvalue weighted by molar-refractivity contribution is 6.14. The lowest BCUT2D eigenvalue weighted by Crippen LogP contribution is -2.09. The van der Waals surface area contributed by atoms with Crippen LogP contribution in [0.5, 0.6) is 28.7 Å². The summed E-state index contributed by atoms with van der Waals surface area (Å²) in [4.78, 5) is 23.2. The van der Waals surface area contributed by atoms with Crippen LogP contribution in [0.15, 0.2) is 36.1 Å². The van der Waals surface area contributed by atoms with Gasteiger partial charge in [0.05, 0.1) is 26.9 Å². The minimum Gasteiger partial charge on any atom is -0.493 e. The van der Waals surface area contributed by atoms with Crippen molar-refractivity contribution in [1.29, 1.82) is 0 Å². The van der Waals surface area contributed by atoms with E-state index in [4.69, 9.17) is 28.8 Å². The Balaban J connectivity index is 1.91. The maximum absolute atomic E-state index is 12.6. The fourth-order valence-electron chi connectivity index (χ4n) is 2.74. The van der Waals surface area contributed by atoms with E-state index < -0.39 is 12.6 Å². The SMILES string of the molecule is COc1cc(/C=C2/Oc3cc(OCC(=O)O)ccc3C2=O)cc(OC)c1OC. The van der Waals surface area contributed by atoms with E-state index in [1.165, 1.54) is 39.5 Å². The average Bonchev–Trinajstić information content (AvgIpc) is 3.00. The maximum atomic E-state index is 12.6. The van der Waals surface area contributed by atoms with E-state index in [0.29, 0.717) is 39.9 Å². The molecule has 1 heterocycles. The fourth-order valence-corrected chi connectivity index (χ4v) is 2.74. The third-order valence-electron chi connectivity index (χ3n) is 3.99. The first-order chi connectivity index (χ1) is 13.5. The van der Waals surface area contributed by atoms with Crippen LogP contribution in [-0.2, 0) is 4.79 Å². The van der Waals surface area contributed by atoms with E-state index in [1.54, 1.807) is 18.2 Å². The van der Waals surface area contributed by atoms with E-state index >= 15 is 0 Å². The molecule has 0 aliphatic carbocycles. The van der Waals surface area contributed by atoms with E-state index in [2.05, 4.69) is 0 Å². The molecule has 0 amide bonds. The van der Waals surface area contributed by atoms with Crippen LogP contribution in [-0.4, -0.2) is 44.8 Å². The number of carboxylic acid groups (broad SMARTS) is 1. The normalized spacial score (nSPS) is 13.7. The van der Waals surface area contributed by atoms with Crippen molar-refractivity contribution < 1.29 is 38.4 Å². The molecule has 3 rings (SSSR count). The Kier molecular flexibility index (Phi) is 5.39. The number of carboxylic acids is 1. The van der Waals surface area contributed by atoms with Crippen molar-refractivity contribution >= 4 is 17.8 Å². The third-order valence-corrected chi connectivity index (χ3v) is 3.99. The topological polar surface area (TPSA) is 101 Å². The van der Waals surface area contributed by atoms with Gasteiger partial charge in [0.15, 0.2) is 23.9 Å². The van der Waals surface area contributed by atoms with Crippen LogP contribution in [0, 0.1) is 0 Å². The number of hydrogen-bond acceptors (Lipinski definition) is 7. The van der Waals surface area contributed by atoms with Gasteiger partial charge in [-0.2, -0.15) is 0 Å². The molecule has 0 spiro atoms. The largest absolute Gasteiger partial charge is 0.493 e. The van der Waals surface area contributed by atoms with E-state index in [0.717, 1.165) is 0 Å². The summed E-state index contributed by atoms with van der Waals surface area (Å²) < 4.78 is 26.7. The van der Waals surface area contributed by atoms with Gasteiger partial charge in [-0.25, -0.2) is 4.79 Å². The molecule has 0 aromatic heterocycles. The number of methoxy groups -OCH3 is 3. The molecule has 1 aliphatic rings. The van der Waals surface area contributed by atoms with Gasteiger partial charge in [0.2, 0.25) is 11.5 Å². The van der Waals surface area contributed by atoms with E-state index in [1.807, 2.05) is 0 Å². The Morgan fingerprint density at radius 3 is 2.32 bits per heavy atom. The van der Waals surface area contributed by atoms with Crippen LogP contribution in [0.4, 0.5) is 0 Å². The number of benzene rings is 2. The van der Waals surface area contributed by atoms with Gasteiger partial charge in [0.25, 0.3) is 0 Å². The van der Waals surface area contributed by atoms with Gasteiger partial charge in [0.1, 0.15) is 11.5 Å². The number of Topliss-reactive ketones (excluding diaryl/α,β-unsaturated/α-hetero) is 1. The van der Waals surface area contributed by atoms with Gasteiger partial charge in [-0.15, -0.1) is 0 Å². The molecule has 0 bridgehead atoms. The van der Waals surface area contributed by atoms with Crippen molar-refractivity contribution in [1.82, 2.24) is 0 Å². The molecular formula is C20H18O8. The number of aliphatic carboxylic acids is 1. The highest BCUT2D eigenvalue weighted by atomic mass is 16.5. The summed E-state index contributed by atoms with van der Waals surface area (Å²) in [7, 11) is 4.50. The van der Waals surface area contributed by atoms with Crippen LogP contribution in [0.2, 0.25) is 0 Å². The Morgan fingerprint density at radius 1 is 1.07 bits per heavy atom. The Bertz CT molecular complexity index is 936. The van der Waals surface area contributed by atoms with Crippen molar-refractivity contribution in [2.45, 2.75) is 0 Å². The summed E-state index contributed by atoms with van der Waals surface area (Å²) in [6.45, 7) is -0.485. The van der Waals surface area contributed by atoms with Gasteiger partial charge < -0.3 is 28.8 Å². The number of carbonyl (C=O) groups excluding carboxylic acids is 1. The number of rotatable bonds is 7. The summed E-state index contributed by atoms with van der Waals surface area (Å²) in [5, 5.41) is 8.69. The Labute approximate surface area is 160 Å². The summed E-state index contributed by atoms with van der Waals surface area (Å²) in [5.41, 5.74) is 0.981. The van der Waals surface area contributed by atoms with Gasteiger partial charge in [0, 0.05) is 6.07 Å². The van der Waals surface area contributed by atoms with Crippen molar-refractivity contribution in [3.8, 4) is 28.7 Å². The van der Waals surface area contributed by atoms with E-state index in [9.17, 15) is 9.59 Å². The molecule has 1 aliphatic heterocycles. The summed E-state index contributed by atoms with van der Waals surface area (Å²) in [6.07, 6.45) is 1.56. The fraction of sp³-hybridized carbons (Fsp3) is 0.200. The Hall–Kier alpha value is -3.68. The van der Waals surface area contributed by atoms with Crippen molar-refractivity contribution in [3.05, 3.63) is 47.2 Å². The zero-order valence-electron chi connectivity index (χ0n) is 15.5. The first kappa shape index (κ1) is 19.1. The number of fused-ring (bicyclic) bond motifs is 1. The predicted molar refractivity (Wildman–Crippen MR) is 98.6 cm³/mol. The third kappa shape index (κ3) is 3.71. The number of carbonyl (C=O) groups is 2. The summed E-state index contributed by atoms with van der Waals surface area (Å²) in [5.74, 6) is 0.639. The van der Waals surface area contributed by atoms with Crippen molar-refractivity contribution in [2.75, 3.05) is 27.9 Å². The molecule has 0 unspecified atom stereocenters. The molecule has 2 aromatic rings. The summed E-state index contributed by atoms with van der Waals surface area (Å²) in [6, 6.07) is 7.91. The second-order valence-corrected chi connectivity index (χ2v) is 5.74. The van der Waals surface area contributed by atoms with Crippen LogP contribution in [0.3, 0.4) is 0 Å². The van der Waals surface area contributed by atoms with Crippen LogP contribution in [0.1, 0.15) is 15.9 Å². The standard InChI is InChI=1S/C20H18O8/c1-24-16-7-11(8-17(25-2)20(16)26-3)6-15-19(23)13-5-4-12(9-14(13)28-15)27-10-18(21)22/h4-9H,10H2,1-3H3,(H,21,22)/b15-6+. The van der Waals surface area contributed by atoms with Crippen molar-refractivity contribution in [2.24, 2.45) is 0 Å². The first-order valence-corrected chi connectivity index (χ1v) is 8.19. The van der Waals surface area contributed by atoms with Crippen molar-refractivity contribution in [3.63, 3.8) is 0 Å². The smallest absolute Gasteiger partial charge is 0.341 e.